The molecule has 0 aliphatic heterocycles. The van der Waals surface area contributed by atoms with Gasteiger partial charge in [-0.1, -0.05) is 19.1 Å². The van der Waals surface area contributed by atoms with Crippen molar-refractivity contribution in [2.75, 3.05) is 5.88 Å². The number of Topliss-reactive ketones (excluding diaryl/α,β-unsaturated/α-hetero) is 1. The number of carbonyl (C=O) groups is 1. The van der Waals surface area contributed by atoms with Crippen molar-refractivity contribution >= 4 is 30.0 Å². The zero-order valence-corrected chi connectivity index (χ0v) is 9.74. The third-order valence-corrected chi connectivity index (χ3v) is 2.86. The molecular weight excluding hydrogens is 216 g/mol. The number of hydrogen-bond acceptors (Lipinski definition) is 2. The second-order valence-electron chi connectivity index (χ2n) is 3.12. The van der Waals surface area contributed by atoms with Crippen molar-refractivity contribution in [3.63, 3.8) is 0 Å². The maximum absolute atomic E-state index is 11.2. The number of thiol groups is 1. The normalized spacial score (nSPS) is 10.2. The Morgan fingerprint density at radius 1 is 1.50 bits per heavy atom. The van der Waals surface area contributed by atoms with Gasteiger partial charge in [0.25, 0.3) is 0 Å². The van der Waals surface area contributed by atoms with Gasteiger partial charge in [-0.25, -0.2) is 0 Å². The number of halogens is 1. The minimum atomic E-state index is 0.0558. The van der Waals surface area contributed by atoms with E-state index in [-0.39, 0.29) is 11.7 Å². The first kappa shape index (κ1) is 11.6. The van der Waals surface area contributed by atoms with E-state index in [1.807, 2.05) is 18.2 Å². The fourth-order valence-electron chi connectivity index (χ4n) is 1.45. The second kappa shape index (κ2) is 5.42. The lowest BCUT2D eigenvalue weighted by atomic mass is 10.0. The van der Waals surface area contributed by atoms with Crippen LogP contribution in [0.2, 0.25) is 0 Å². The highest BCUT2D eigenvalue weighted by Crippen LogP contribution is 2.19. The summed E-state index contributed by atoms with van der Waals surface area (Å²) in [7, 11) is 0. The molecule has 14 heavy (non-hydrogen) atoms. The zero-order valence-electron chi connectivity index (χ0n) is 8.09. The Labute approximate surface area is 94.9 Å². The van der Waals surface area contributed by atoms with Crippen molar-refractivity contribution in [3.8, 4) is 0 Å². The summed E-state index contributed by atoms with van der Waals surface area (Å²) in [5.41, 5.74) is 2.19. The summed E-state index contributed by atoms with van der Waals surface area (Å²) in [4.78, 5) is 12.2. The molecule has 0 radical (unpaired) electrons. The van der Waals surface area contributed by atoms with Crippen LogP contribution in [0.4, 0.5) is 0 Å². The lowest BCUT2D eigenvalue weighted by molar-refractivity contribution is -0.116. The number of rotatable bonds is 4. The van der Waals surface area contributed by atoms with Gasteiger partial charge in [0.05, 0.1) is 5.88 Å². The average Bonchev–Trinajstić information content (AvgIpc) is 2.18. The largest absolute Gasteiger partial charge is 0.298 e. The summed E-state index contributed by atoms with van der Waals surface area (Å²) in [5, 5.41) is 0. The molecule has 0 aliphatic carbocycles. The first-order valence-corrected chi connectivity index (χ1v) is 5.54. The smallest absolute Gasteiger partial charge is 0.151 e. The van der Waals surface area contributed by atoms with Crippen molar-refractivity contribution in [2.45, 2.75) is 24.7 Å². The van der Waals surface area contributed by atoms with Crippen molar-refractivity contribution < 1.29 is 4.79 Å². The molecule has 0 saturated carbocycles. The summed E-state index contributed by atoms with van der Waals surface area (Å²) in [5.74, 6) is 0.139. The van der Waals surface area contributed by atoms with E-state index in [9.17, 15) is 4.79 Å². The fraction of sp³-hybridized carbons (Fsp3) is 0.364. The van der Waals surface area contributed by atoms with Crippen LogP contribution in [-0.2, 0) is 17.6 Å². The van der Waals surface area contributed by atoms with E-state index in [4.69, 9.17) is 11.6 Å². The molecule has 0 aliphatic rings. The lowest BCUT2D eigenvalue weighted by Crippen LogP contribution is -2.06. The molecule has 0 bridgehead atoms. The molecule has 0 atom stereocenters. The van der Waals surface area contributed by atoms with Gasteiger partial charge >= 0.3 is 0 Å². The van der Waals surface area contributed by atoms with E-state index in [2.05, 4.69) is 19.6 Å². The number of carbonyl (C=O) groups excluding carboxylic acids is 1. The van der Waals surface area contributed by atoms with Crippen molar-refractivity contribution in [2.24, 2.45) is 0 Å². The van der Waals surface area contributed by atoms with Crippen molar-refractivity contribution in [1.82, 2.24) is 0 Å². The Kier molecular flexibility index (Phi) is 4.49. The predicted octanol–water partition coefficient (Wildman–Crippen LogP) is 2.89. The van der Waals surface area contributed by atoms with Crippen LogP contribution in [0.3, 0.4) is 0 Å². The summed E-state index contributed by atoms with van der Waals surface area (Å²) in [6.07, 6.45) is 1.31. The lowest BCUT2D eigenvalue weighted by Gasteiger charge is -2.08. The maximum Gasteiger partial charge on any atom is 0.151 e. The van der Waals surface area contributed by atoms with Crippen LogP contribution in [0.25, 0.3) is 0 Å². The third-order valence-electron chi connectivity index (χ3n) is 2.14. The van der Waals surface area contributed by atoms with Gasteiger partial charge in [-0.05, 0) is 23.6 Å². The fourth-order valence-corrected chi connectivity index (χ4v) is 1.94. The van der Waals surface area contributed by atoms with Crippen molar-refractivity contribution in [1.29, 1.82) is 0 Å². The molecule has 0 spiro atoms. The molecule has 0 amide bonds. The summed E-state index contributed by atoms with van der Waals surface area (Å²) < 4.78 is 0. The maximum atomic E-state index is 11.2. The molecule has 1 rings (SSSR count). The first-order valence-electron chi connectivity index (χ1n) is 4.56. The molecule has 0 fully saturated rings. The Morgan fingerprint density at radius 3 is 2.79 bits per heavy atom. The van der Waals surface area contributed by atoms with Crippen LogP contribution >= 0.6 is 24.2 Å². The molecule has 0 unspecified atom stereocenters. The van der Waals surface area contributed by atoms with Crippen molar-refractivity contribution in [3.05, 3.63) is 29.3 Å². The van der Waals surface area contributed by atoms with E-state index in [1.54, 1.807) is 0 Å². The SMILES string of the molecule is CCc1c(S)cccc1CC(=O)CCl. The number of ketones is 1. The quantitative estimate of drug-likeness (QED) is 0.620. The molecule has 1 nitrogen and oxygen atoms in total. The minimum absolute atomic E-state index is 0.0558. The van der Waals surface area contributed by atoms with Crippen LogP contribution in [-0.4, -0.2) is 11.7 Å². The Hall–Kier alpha value is -0.470. The average molecular weight is 229 g/mol. The molecule has 0 N–H and O–H groups in total. The highest BCUT2D eigenvalue weighted by Gasteiger charge is 2.07. The van der Waals surface area contributed by atoms with Gasteiger partial charge in [-0.2, -0.15) is 0 Å². The first-order chi connectivity index (χ1) is 6.69. The highest BCUT2D eigenvalue weighted by atomic mass is 35.5. The third kappa shape index (κ3) is 2.76. The zero-order chi connectivity index (χ0) is 10.6. The topological polar surface area (TPSA) is 17.1 Å². The van der Waals surface area contributed by atoms with E-state index in [0.29, 0.717) is 6.42 Å². The van der Waals surface area contributed by atoms with Crippen LogP contribution in [0, 0.1) is 0 Å². The molecule has 0 aromatic heterocycles. The van der Waals surface area contributed by atoms with Crippen LogP contribution in [0.5, 0.6) is 0 Å². The summed E-state index contributed by atoms with van der Waals surface area (Å²) in [6, 6.07) is 5.82. The van der Waals surface area contributed by atoms with Gasteiger partial charge in [0, 0.05) is 11.3 Å². The molecule has 0 heterocycles. The van der Waals surface area contributed by atoms with E-state index in [0.717, 1.165) is 22.4 Å². The molecule has 0 saturated heterocycles. The standard InChI is InChI=1S/C11H13ClOS/c1-2-10-8(6-9(13)7-12)4-3-5-11(10)14/h3-5,14H,2,6-7H2,1H3. The van der Waals surface area contributed by atoms with Gasteiger partial charge < -0.3 is 0 Å². The van der Waals surface area contributed by atoms with E-state index in [1.165, 1.54) is 0 Å². The Balaban J connectivity index is 2.96. The molecular formula is C11H13ClOS. The van der Waals surface area contributed by atoms with Crippen LogP contribution in [0.1, 0.15) is 18.1 Å². The van der Waals surface area contributed by atoms with Crippen LogP contribution < -0.4 is 0 Å². The number of hydrogen-bond donors (Lipinski definition) is 1. The number of alkyl halides is 1. The van der Waals surface area contributed by atoms with Gasteiger partial charge in [0.1, 0.15) is 0 Å². The van der Waals surface area contributed by atoms with Gasteiger partial charge in [-0.3, -0.25) is 4.79 Å². The van der Waals surface area contributed by atoms with Gasteiger partial charge in [-0.15, -0.1) is 24.2 Å². The van der Waals surface area contributed by atoms with Crippen LogP contribution in [0.15, 0.2) is 23.1 Å². The summed E-state index contributed by atoms with van der Waals surface area (Å²) >= 11 is 9.82. The van der Waals surface area contributed by atoms with E-state index >= 15 is 0 Å². The summed E-state index contributed by atoms with van der Waals surface area (Å²) in [6.45, 7) is 2.06. The number of benzene rings is 1. The molecule has 76 valence electrons. The van der Waals surface area contributed by atoms with Gasteiger partial charge in [0.15, 0.2) is 5.78 Å². The molecule has 1 aromatic carbocycles. The van der Waals surface area contributed by atoms with E-state index < -0.39 is 0 Å². The minimum Gasteiger partial charge on any atom is -0.298 e. The predicted molar refractivity (Wildman–Crippen MR) is 62.5 cm³/mol. The molecule has 3 heteroatoms. The highest BCUT2D eigenvalue weighted by molar-refractivity contribution is 7.80. The Bertz CT molecular complexity index is 336. The Morgan fingerprint density at radius 2 is 2.21 bits per heavy atom. The van der Waals surface area contributed by atoms with Gasteiger partial charge in [0.2, 0.25) is 0 Å². The molecule has 1 aromatic rings. The second-order valence-corrected chi connectivity index (χ2v) is 3.87. The monoisotopic (exact) mass is 228 g/mol.